The molecule has 156 valence electrons. The molecule has 9 heteroatoms. The summed E-state index contributed by atoms with van der Waals surface area (Å²) < 4.78 is 31.5. The molecule has 0 aliphatic carbocycles. The van der Waals surface area contributed by atoms with Crippen LogP contribution in [-0.2, 0) is 24.3 Å². The SMILES string of the molecule is COC(=O)[C@H](CC(C)C)NC(=O)C[NH+]1CCN(S(=O)(=O)c2ccccc2)CC1. The quantitative estimate of drug-likeness (QED) is 0.550. The first-order chi connectivity index (χ1) is 13.2. The highest BCUT2D eigenvalue weighted by Crippen LogP contribution is 2.14. The summed E-state index contributed by atoms with van der Waals surface area (Å²) in [5.41, 5.74) is 0. The summed E-state index contributed by atoms with van der Waals surface area (Å²) in [6.07, 6.45) is 0.511. The summed E-state index contributed by atoms with van der Waals surface area (Å²) in [6.45, 7) is 5.92. The molecule has 1 aromatic rings. The van der Waals surface area contributed by atoms with Gasteiger partial charge in [-0.2, -0.15) is 4.31 Å². The van der Waals surface area contributed by atoms with Crippen LogP contribution < -0.4 is 10.2 Å². The van der Waals surface area contributed by atoms with E-state index in [1.165, 1.54) is 11.4 Å². The van der Waals surface area contributed by atoms with Gasteiger partial charge in [0.15, 0.2) is 6.54 Å². The molecule has 0 aromatic heterocycles. The van der Waals surface area contributed by atoms with Crippen LogP contribution in [0.4, 0.5) is 0 Å². The molecule has 0 unspecified atom stereocenters. The number of ether oxygens (including phenoxy) is 1. The number of hydrogen-bond acceptors (Lipinski definition) is 5. The lowest BCUT2D eigenvalue weighted by Crippen LogP contribution is -3.15. The standard InChI is InChI=1S/C19H29N3O5S/c1-15(2)13-17(19(24)27-3)20-18(23)14-21-9-11-22(12-10-21)28(25,26)16-7-5-4-6-8-16/h4-8,15,17H,9-14H2,1-3H3,(H,20,23)/p+1/t17-/m0/s1. The minimum absolute atomic E-state index is 0.199. The fraction of sp³-hybridized carbons (Fsp3) is 0.579. The van der Waals surface area contributed by atoms with Crippen molar-refractivity contribution >= 4 is 21.9 Å². The molecule has 8 nitrogen and oxygen atoms in total. The third-order valence-corrected chi connectivity index (χ3v) is 6.66. The molecular formula is C19H30N3O5S+. The van der Waals surface area contributed by atoms with Gasteiger partial charge >= 0.3 is 5.97 Å². The van der Waals surface area contributed by atoms with E-state index in [-0.39, 0.29) is 23.3 Å². The largest absolute Gasteiger partial charge is 0.467 e. The first kappa shape index (κ1) is 22.3. The number of nitrogens with zero attached hydrogens (tertiary/aromatic N) is 1. The number of esters is 1. The zero-order valence-electron chi connectivity index (χ0n) is 16.7. The van der Waals surface area contributed by atoms with Crippen LogP contribution in [0, 0.1) is 5.92 Å². The van der Waals surface area contributed by atoms with Crippen LogP contribution in [0.2, 0.25) is 0 Å². The first-order valence-corrected chi connectivity index (χ1v) is 10.9. The topological polar surface area (TPSA) is 97.2 Å². The molecule has 1 amide bonds. The Morgan fingerprint density at radius 3 is 2.32 bits per heavy atom. The minimum Gasteiger partial charge on any atom is -0.467 e. The summed E-state index contributed by atoms with van der Waals surface area (Å²) in [4.78, 5) is 25.5. The Labute approximate surface area is 166 Å². The van der Waals surface area contributed by atoms with Crippen molar-refractivity contribution in [3.63, 3.8) is 0 Å². The summed E-state index contributed by atoms with van der Waals surface area (Å²) in [5.74, 6) is -0.440. The summed E-state index contributed by atoms with van der Waals surface area (Å²) in [5, 5.41) is 2.75. The molecule has 1 atom stereocenters. The van der Waals surface area contributed by atoms with Gasteiger partial charge in [0, 0.05) is 0 Å². The molecule has 28 heavy (non-hydrogen) atoms. The van der Waals surface area contributed by atoms with Crippen molar-refractivity contribution in [2.24, 2.45) is 5.92 Å². The van der Waals surface area contributed by atoms with Gasteiger partial charge in [-0.1, -0.05) is 32.0 Å². The highest BCUT2D eigenvalue weighted by molar-refractivity contribution is 7.89. The van der Waals surface area contributed by atoms with Gasteiger partial charge in [0.2, 0.25) is 10.0 Å². The molecule has 1 saturated heterocycles. The van der Waals surface area contributed by atoms with Crippen LogP contribution in [-0.4, -0.2) is 70.5 Å². The van der Waals surface area contributed by atoms with Crippen LogP contribution in [0.3, 0.4) is 0 Å². The van der Waals surface area contributed by atoms with E-state index in [9.17, 15) is 18.0 Å². The minimum atomic E-state index is -3.50. The van der Waals surface area contributed by atoms with Gasteiger partial charge in [-0.3, -0.25) is 4.79 Å². The summed E-state index contributed by atoms with van der Waals surface area (Å²) in [6, 6.07) is 7.70. The number of hydrogen-bond donors (Lipinski definition) is 2. The van der Waals surface area contributed by atoms with E-state index in [1.54, 1.807) is 30.3 Å². The van der Waals surface area contributed by atoms with Crippen molar-refractivity contribution in [3.05, 3.63) is 30.3 Å². The molecule has 0 saturated carbocycles. The third kappa shape index (κ3) is 6.02. The molecule has 1 heterocycles. The van der Waals surface area contributed by atoms with Gasteiger partial charge in [-0.15, -0.1) is 0 Å². The number of benzene rings is 1. The molecule has 0 spiro atoms. The maximum Gasteiger partial charge on any atom is 0.328 e. The molecule has 2 N–H and O–H groups in total. The lowest BCUT2D eigenvalue weighted by Gasteiger charge is -2.31. The van der Waals surface area contributed by atoms with E-state index < -0.39 is 22.0 Å². The van der Waals surface area contributed by atoms with Crippen molar-refractivity contribution in [1.82, 2.24) is 9.62 Å². The third-order valence-electron chi connectivity index (χ3n) is 4.75. The second-order valence-corrected chi connectivity index (χ2v) is 9.35. The molecule has 2 rings (SSSR count). The van der Waals surface area contributed by atoms with Gasteiger partial charge in [0.05, 0.1) is 38.2 Å². The average molecular weight is 413 g/mol. The number of piperazine rings is 1. The van der Waals surface area contributed by atoms with Gasteiger partial charge in [-0.25, -0.2) is 13.2 Å². The lowest BCUT2D eigenvalue weighted by atomic mass is 10.0. The van der Waals surface area contributed by atoms with Crippen LogP contribution in [0.5, 0.6) is 0 Å². The Bertz CT molecular complexity index is 759. The van der Waals surface area contributed by atoms with E-state index in [2.05, 4.69) is 5.32 Å². The number of rotatable bonds is 8. The Morgan fingerprint density at radius 2 is 1.79 bits per heavy atom. The van der Waals surface area contributed by atoms with Crippen LogP contribution >= 0.6 is 0 Å². The highest BCUT2D eigenvalue weighted by Gasteiger charge is 2.31. The summed E-state index contributed by atoms with van der Waals surface area (Å²) >= 11 is 0. The van der Waals surface area contributed by atoms with E-state index in [4.69, 9.17) is 4.74 Å². The fourth-order valence-electron chi connectivity index (χ4n) is 3.26. The second kappa shape index (κ2) is 9.99. The van der Waals surface area contributed by atoms with Gasteiger partial charge < -0.3 is 15.0 Å². The smallest absolute Gasteiger partial charge is 0.328 e. The molecule has 1 aliphatic heterocycles. The predicted molar refractivity (Wildman–Crippen MR) is 104 cm³/mol. The van der Waals surface area contributed by atoms with E-state index >= 15 is 0 Å². The van der Waals surface area contributed by atoms with Gasteiger partial charge in [0.1, 0.15) is 6.04 Å². The number of carbonyl (C=O) groups excluding carboxylic acids is 2. The van der Waals surface area contributed by atoms with Crippen molar-refractivity contribution in [2.45, 2.75) is 31.2 Å². The van der Waals surface area contributed by atoms with Crippen molar-refractivity contribution < 1.29 is 27.6 Å². The van der Waals surface area contributed by atoms with Gasteiger partial charge in [-0.05, 0) is 24.5 Å². The van der Waals surface area contributed by atoms with E-state index in [0.29, 0.717) is 32.6 Å². The number of methoxy groups -OCH3 is 1. The lowest BCUT2D eigenvalue weighted by molar-refractivity contribution is -0.895. The Hall–Kier alpha value is -1.97. The second-order valence-electron chi connectivity index (χ2n) is 7.42. The Kier molecular flexibility index (Phi) is 7.97. The molecule has 0 radical (unpaired) electrons. The van der Waals surface area contributed by atoms with E-state index in [0.717, 1.165) is 4.90 Å². The number of carbonyl (C=O) groups is 2. The molecular weight excluding hydrogens is 382 g/mol. The number of sulfonamides is 1. The maximum absolute atomic E-state index is 12.7. The van der Waals surface area contributed by atoms with Crippen LogP contribution in [0.25, 0.3) is 0 Å². The van der Waals surface area contributed by atoms with Crippen LogP contribution in [0.1, 0.15) is 20.3 Å². The normalized spacial score (nSPS) is 17.3. The number of amides is 1. The Morgan fingerprint density at radius 1 is 1.18 bits per heavy atom. The monoisotopic (exact) mass is 412 g/mol. The highest BCUT2D eigenvalue weighted by atomic mass is 32.2. The number of quaternary nitrogens is 1. The maximum atomic E-state index is 12.7. The summed E-state index contributed by atoms with van der Waals surface area (Å²) in [7, 11) is -2.20. The van der Waals surface area contributed by atoms with Crippen molar-refractivity contribution in [1.29, 1.82) is 0 Å². The van der Waals surface area contributed by atoms with Crippen molar-refractivity contribution in [2.75, 3.05) is 39.8 Å². The molecule has 1 aliphatic rings. The average Bonchev–Trinajstić information content (AvgIpc) is 2.67. The zero-order chi connectivity index (χ0) is 20.7. The van der Waals surface area contributed by atoms with Crippen molar-refractivity contribution in [3.8, 4) is 0 Å². The predicted octanol–water partition coefficient (Wildman–Crippen LogP) is -0.720. The molecule has 1 fully saturated rings. The fourth-order valence-corrected chi connectivity index (χ4v) is 4.72. The van der Waals surface area contributed by atoms with Crippen LogP contribution in [0.15, 0.2) is 35.2 Å². The molecule has 1 aromatic carbocycles. The number of nitrogens with one attached hydrogen (secondary N) is 2. The zero-order valence-corrected chi connectivity index (χ0v) is 17.5. The molecule has 0 bridgehead atoms. The van der Waals surface area contributed by atoms with Gasteiger partial charge in [0.25, 0.3) is 5.91 Å². The first-order valence-electron chi connectivity index (χ1n) is 9.50. The van der Waals surface area contributed by atoms with E-state index in [1.807, 2.05) is 13.8 Å². The Balaban J connectivity index is 1.88.